The summed E-state index contributed by atoms with van der Waals surface area (Å²) in [6, 6.07) is 0. The second-order valence-corrected chi connectivity index (χ2v) is 5.33. The minimum Gasteiger partial charge on any atom is -0.316 e. The van der Waals surface area contributed by atoms with Gasteiger partial charge in [-0.1, -0.05) is 0 Å². The van der Waals surface area contributed by atoms with Gasteiger partial charge >= 0.3 is 0 Å². The molecule has 0 bridgehead atoms. The minimum atomic E-state index is 0.0768. The Bertz CT molecular complexity index is 181. The Hall–Kier alpha value is -0.240. The standard InChI is InChI=1S/C12H30N6/c1-10(13)16-4-6-17(11(2)14)8-9-18(7-5-16)12(3)15/h10-12H,4-9,13-15H2,1-3H3. The molecule has 0 aliphatic carbocycles. The second-order valence-electron chi connectivity index (χ2n) is 5.33. The maximum atomic E-state index is 6.01. The summed E-state index contributed by atoms with van der Waals surface area (Å²) in [5.74, 6) is 0. The summed E-state index contributed by atoms with van der Waals surface area (Å²) in [6.07, 6.45) is 0.230. The molecule has 0 radical (unpaired) electrons. The van der Waals surface area contributed by atoms with Crippen LogP contribution in [0.4, 0.5) is 0 Å². The van der Waals surface area contributed by atoms with E-state index >= 15 is 0 Å². The normalized spacial score (nSPS) is 27.0. The van der Waals surface area contributed by atoms with Crippen LogP contribution in [0.5, 0.6) is 0 Å². The van der Waals surface area contributed by atoms with Crippen LogP contribution in [0.25, 0.3) is 0 Å². The molecule has 3 unspecified atom stereocenters. The molecule has 0 aromatic heterocycles. The van der Waals surface area contributed by atoms with Crippen LogP contribution in [0.15, 0.2) is 0 Å². The van der Waals surface area contributed by atoms with E-state index in [2.05, 4.69) is 14.7 Å². The molecule has 1 rings (SSSR count). The first-order valence-corrected chi connectivity index (χ1v) is 6.90. The van der Waals surface area contributed by atoms with Gasteiger partial charge in [0.1, 0.15) is 0 Å². The smallest absolute Gasteiger partial charge is 0.0543 e. The highest BCUT2D eigenvalue weighted by atomic mass is 15.3. The van der Waals surface area contributed by atoms with Crippen molar-refractivity contribution >= 4 is 0 Å². The highest BCUT2D eigenvalue weighted by Gasteiger charge is 2.20. The summed E-state index contributed by atoms with van der Waals surface area (Å²) in [7, 11) is 0. The van der Waals surface area contributed by atoms with Crippen LogP contribution >= 0.6 is 0 Å². The minimum absolute atomic E-state index is 0.0768. The van der Waals surface area contributed by atoms with Gasteiger partial charge in [0.25, 0.3) is 0 Å². The molecule has 6 N–H and O–H groups in total. The van der Waals surface area contributed by atoms with Crippen molar-refractivity contribution in [3.8, 4) is 0 Å². The van der Waals surface area contributed by atoms with Gasteiger partial charge in [-0.05, 0) is 20.8 Å². The first kappa shape index (κ1) is 15.8. The fraction of sp³-hybridized carbons (Fsp3) is 1.00. The fourth-order valence-electron chi connectivity index (χ4n) is 2.33. The van der Waals surface area contributed by atoms with Crippen molar-refractivity contribution in [1.82, 2.24) is 14.7 Å². The Morgan fingerprint density at radius 2 is 0.722 bits per heavy atom. The Morgan fingerprint density at radius 1 is 0.556 bits per heavy atom. The average Bonchev–Trinajstić information content (AvgIpc) is 2.37. The number of nitrogens with zero attached hydrogens (tertiary/aromatic N) is 3. The molecule has 0 saturated carbocycles. The monoisotopic (exact) mass is 258 g/mol. The van der Waals surface area contributed by atoms with Gasteiger partial charge < -0.3 is 17.2 Å². The molecule has 0 amide bonds. The third kappa shape index (κ3) is 4.79. The first-order valence-electron chi connectivity index (χ1n) is 6.90. The van der Waals surface area contributed by atoms with E-state index in [-0.39, 0.29) is 18.5 Å². The van der Waals surface area contributed by atoms with E-state index in [0.29, 0.717) is 0 Å². The average molecular weight is 258 g/mol. The molecule has 0 aromatic carbocycles. The van der Waals surface area contributed by atoms with E-state index < -0.39 is 0 Å². The van der Waals surface area contributed by atoms with Crippen LogP contribution in [-0.2, 0) is 0 Å². The topological polar surface area (TPSA) is 87.8 Å². The lowest BCUT2D eigenvalue weighted by atomic mass is 10.3. The molecule has 3 atom stereocenters. The zero-order valence-corrected chi connectivity index (χ0v) is 12.0. The number of rotatable bonds is 3. The predicted molar refractivity (Wildman–Crippen MR) is 75.7 cm³/mol. The molecule has 1 saturated heterocycles. The molecule has 0 aromatic rings. The molecule has 1 aliphatic heterocycles. The molecule has 6 nitrogen and oxygen atoms in total. The van der Waals surface area contributed by atoms with Gasteiger partial charge in [-0.15, -0.1) is 0 Å². The Morgan fingerprint density at radius 3 is 0.833 bits per heavy atom. The second kappa shape index (κ2) is 7.37. The molecule has 1 fully saturated rings. The van der Waals surface area contributed by atoms with Gasteiger partial charge in [-0.2, -0.15) is 0 Å². The van der Waals surface area contributed by atoms with Crippen molar-refractivity contribution in [3.05, 3.63) is 0 Å². The Kier molecular flexibility index (Phi) is 6.48. The maximum absolute atomic E-state index is 6.01. The number of hydrogen-bond donors (Lipinski definition) is 3. The maximum Gasteiger partial charge on any atom is 0.0543 e. The molecule has 0 spiro atoms. The van der Waals surface area contributed by atoms with Crippen molar-refractivity contribution in [1.29, 1.82) is 0 Å². The van der Waals surface area contributed by atoms with Gasteiger partial charge in [-0.3, -0.25) is 14.7 Å². The molecule has 1 heterocycles. The van der Waals surface area contributed by atoms with Crippen LogP contribution in [0.2, 0.25) is 0 Å². The third-order valence-corrected chi connectivity index (χ3v) is 3.75. The molecule has 6 heteroatoms. The summed E-state index contributed by atoms with van der Waals surface area (Å²) < 4.78 is 0. The van der Waals surface area contributed by atoms with Gasteiger partial charge in [-0.25, -0.2) is 0 Å². The van der Waals surface area contributed by atoms with Crippen molar-refractivity contribution in [2.75, 3.05) is 39.3 Å². The quantitative estimate of drug-likeness (QED) is 0.591. The SMILES string of the molecule is CC(N)N1CCN(C(C)N)CCN(C(C)N)CC1. The summed E-state index contributed by atoms with van der Waals surface area (Å²) in [6.45, 7) is 11.9. The van der Waals surface area contributed by atoms with Crippen LogP contribution in [0.3, 0.4) is 0 Å². The van der Waals surface area contributed by atoms with Crippen molar-refractivity contribution in [2.24, 2.45) is 17.2 Å². The zero-order chi connectivity index (χ0) is 13.7. The zero-order valence-electron chi connectivity index (χ0n) is 12.0. The lowest BCUT2D eigenvalue weighted by molar-refractivity contribution is 0.161. The molecular formula is C12H30N6. The lowest BCUT2D eigenvalue weighted by Crippen LogP contribution is -2.48. The molecular weight excluding hydrogens is 228 g/mol. The summed E-state index contributed by atoms with van der Waals surface area (Å²) in [5.41, 5.74) is 18.0. The van der Waals surface area contributed by atoms with E-state index in [1.807, 2.05) is 20.8 Å². The lowest BCUT2D eigenvalue weighted by Gasteiger charge is -2.29. The summed E-state index contributed by atoms with van der Waals surface area (Å²) in [4.78, 5) is 6.86. The molecule has 1 aliphatic rings. The van der Waals surface area contributed by atoms with E-state index in [9.17, 15) is 0 Å². The molecule has 108 valence electrons. The largest absolute Gasteiger partial charge is 0.316 e. The highest BCUT2D eigenvalue weighted by Crippen LogP contribution is 2.04. The Labute approximate surface area is 111 Å². The first-order chi connectivity index (χ1) is 8.41. The van der Waals surface area contributed by atoms with E-state index in [1.165, 1.54) is 0 Å². The predicted octanol–water partition coefficient (Wildman–Crippen LogP) is -1.18. The van der Waals surface area contributed by atoms with Crippen molar-refractivity contribution < 1.29 is 0 Å². The van der Waals surface area contributed by atoms with Gasteiger partial charge in [0.2, 0.25) is 0 Å². The number of nitrogens with two attached hydrogens (primary N) is 3. The summed E-state index contributed by atoms with van der Waals surface area (Å²) >= 11 is 0. The van der Waals surface area contributed by atoms with E-state index in [4.69, 9.17) is 17.2 Å². The number of hydrogen-bond acceptors (Lipinski definition) is 6. The summed E-state index contributed by atoms with van der Waals surface area (Å²) in [5, 5.41) is 0. The van der Waals surface area contributed by atoms with Crippen LogP contribution in [-0.4, -0.2) is 72.5 Å². The van der Waals surface area contributed by atoms with Gasteiger partial charge in [0.15, 0.2) is 0 Å². The van der Waals surface area contributed by atoms with Crippen LogP contribution < -0.4 is 17.2 Å². The third-order valence-electron chi connectivity index (χ3n) is 3.75. The van der Waals surface area contributed by atoms with Crippen molar-refractivity contribution in [3.63, 3.8) is 0 Å². The molecule has 18 heavy (non-hydrogen) atoms. The van der Waals surface area contributed by atoms with Gasteiger partial charge in [0, 0.05) is 39.3 Å². The van der Waals surface area contributed by atoms with Crippen molar-refractivity contribution in [2.45, 2.75) is 39.3 Å². The van der Waals surface area contributed by atoms with E-state index in [0.717, 1.165) is 39.3 Å². The van der Waals surface area contributed by atoms with Crippen LogP contribution in [0, 0.1) is 0 Å². The fourth-order valence-corrected chi connectivity index (χ4v) is 2.33. The highest BCUT2D eigenvalue weighted by molar-refractivity contribution is 4.75. The Balaban J connectivity index is 2.68. The van der Waals surface area contributed by atoms with Gasteiger partial charge in [0.05, 0.1) is 18.5 Å². The van der Waals surface area contributed by atoms with E-state index in [1.54, 1.807) is 0 Å². The van der Waals surface area contributed by atoms with Crippen LogP contribution in [0.1, 0.15) is 20.8 Å².